The molecule has 0 fully saturated rings. The molecule has 0 bridgehead atoms. The van der Waals surface area contributed by atoms with Crippen molar-refractivity contribution < 1.29 is 4.74 Å². The minimum Gasteiger partial charge on any atom is -0.497 e. The molecule has 1 aromatic heterocycles. The van der Waals surface area contributed by atoms with Crippen LogP contribution in [0.15, 0.2) is 29.1 Å². The number of nitrogens with two attached hydrogens (primary N) is 1. The molecule has 1 aromatic carbocycles. The van der Waals surface area contributed by atoms with Crippen molar-refractivity contribution in [2.45, 2.75) is 19.4 Å². The maximum atomic E-state index is 11.9. The van der Waals surface area contributed by atoms with Crippen LogP contribution in [-0.4, -0.2) is 12.1 Å². The number of aromatic amines is 1. The second-order valence-electron chi connectivity index (χ2n) is 4.75. The highest BCUT2D eigenvalue weighted by atomic mass is 16.5. The number of aryl methyl sites for hydroxylation is 2. The molecule has 1 aliphatic rings. The molecule has 3 N–H and O–H groups in total. The highest BCUT2D eigenvalue weighted by molar-refractivity contribution is 5.71. The Balaban J connectivity index is 2.22. The van der Waals surface area contributed by atoms with Gasteiger partial charge in [0.05, 0.1) is 12.8 Å². The fraction of sp³-hybridized carbons (Fsp3) is 0.267. The van der Waals surface area contributed by atoms with Crippen molar-refractivity contribution in [3.63, 3.8) is 0 Å². The lowest BCUT2D eigenvalue weighted by atomic mass is 9.88. The van der Waals surface area contributed by atoms with Crippen molar-refractivity contribution in [2.75, 3.05) is 7.11 Å². The Kier molecular flexibility index (Phi) is 2.87. The number of hydrogen-bond donors (Lipinski definition) is 2. The molecule has 4 nitrogen and oxygen atoms in total. The van der Waals surface area contributed by atoms with Gasteiger partial charge in [0.15, 0.2) is 0 Å². The molecular weight excluding hydrogens is 240 g/mol. The predicted octanol–water partition coefficient (Wildman–Crippen LogP) is 1.61. The van der Waals surface area contributed by atoms with Crippen LogP contribution in [0.3, 0.4) is 0 Å². The van der Waals surface area contributed by atoms with Gasteiger partial charge in [-0.1, -0.05) is 6.07 Å². The minimum atomic E-state index is -0.100. The van der Waals surface area contributed by atoms with Crippen LogP contribution in [0.25, 0.3) is 11.3 Å². The smallest absolute Gasteiger partial charge is 0.252 e. The quantitative estimate of drug-likeness (QED) is 0.857. The first kappa shape index (κ1) is 12.0. The monoisotopic (exact) mass is 256 g/mol. The van der Waals surface area contributed by atoms with Crippen LogP contribution in [0.5, 0.6) is 5.75 Å². The van der Waals surface area contributed by atoms with E-state index in [9.17, 15) is 4.79 Å². The molecule has 0 atom stereocenters. The number of rotatable bonds is 2. The van der Waals surface area contributed by atoms with Gasteiger partial charge in [-0.25, -0.2) is 0 Å². The Labute approximate surface area is 111 Å². The molecule has 1 aliphatic carbocycles. The summed E-state index contributed by atoms with van der Waals surface area (Å²) in [5, 5.41) is 0. The van der Waals surface area contributed by atoms with Crippen LogP contribution in [-0.2, 0) is 19.4 Å². The summed E-state index contributed by atoms with van der Waals surface area (Å²) in [6.07, 6.45) is 1.90. The van der Waals surface area contributed by atoms with Crippen LogP contribution in [0.2, 0.25) is 0 Å². The number of benzene rings is 1. The lowest BCUT2D eigenvalue weighted by Gasteiger charge is -2.20. The van der Waals surface area contributed by atoms with Crippen LogP contribution >= 0.6 is 0 Å². The summed E-state index contributed by atoms with van der Waals surface area (Å²) in [6, 6.07) is 7.92. The molecule has 0 unspecified atom stereocenters. The van der Waals surface area contributed by atoms with E-state index in [-0.39, 0.29) is 12.1 Å². The third kappa shape index (κ3) is 1.94. The second kappa shape index (κ2) is 4.55. The van der Waals surface area contributed by atoms with Gasteiger partial charge in [0, 0.05) is 17.7 Å². The fourth-order valence-corrected chi connectivity index (χ4v) is 2.61. The normalized spacial score (nSPS) is 12.7. The summed E-state index contributed by atoms with van der Waals surface area (Å²) >= 11 is 0. The van der Waals surface area contributed by atoms with Gasteiger partial charge >= 0.3 is 0 Å². The highest BCUT2D eigenvalue weighted by Crippen LogP contribution is 2.33. The standard InChI is InChI=1S/C15H16N2O2/c1-19-12-5-4-9-2-3-10-6-11(8-16)15(18)17-14(10)13(9)7-12/h4-7H,2-3,8,16H2,1H3,(H,17,18). The summed E-state index contributed by atoms with van der Waals surface area (Å²) < 4.78 is 5.26. The van der Waals surface area contributed by atoms with Crippen molar-refractivity contribution in [2.24, 2.45) is 5.73 Å². The number of hydrogen-bond acceptors (Lipinski definition) is 3. The van der Waals surface area contributed by atoms with Gasteiger partial charge in [0.25, 0.3) is 5.56 Å². The first-order chi connectivity index (χ1) is 9.22. The van der Waals surface area contributed by atoms with Gasteiger partial charge in [-0.3, -0.25) is 4.79 Å². The zero-order valence-electron chi connectivity index (χ0n) is 10.8. The molecule has 1 heterocycles. The summed E-state index contributed by atoms with van der Waals surface area (Å²) in [4.78, 5) is 14.9. The largest absolute Gasteiger partial charge is 0.497 e. The maximum Gasteiger partial charge on any atom is 0.252 e. The van der Waals surface area contributed by atoms with E-state index < -0.39 is 0 Å². The average molecular weight is 256 g/mol. The average Bonchev–Trinajstić information content (AvgIpc) is 2.46. The molecule has 0 saturated carbocycles. The number of pyridine rings is 1. The summed E-state index contributed by atoms with van der Waals surface area (Å²) in [5.74, 6) is 0.801. The van der Waals surface area contributed by atoms with E-state index in [1.54, 1.807) is 7.11 Å². The van der Waals surface area contributed by atoms with Gasteiger partial charge in [-0.2, -0.15) is 0 Å². The van der Waals surface area contributed by atoms with Gasteiger partial charge in [0.2, 0.25) is 0 Å². The second-order valence-corrected chi connectivity index (χ2v) is 4.75. The van der Waals surface area contributed by atoms with Crippen molar-refractivity contribution in [3.05, 3.63) is 51.3 Å². The van der Waals surface area contributed by atoms with E-state index in [0.29, 0.717) is 5.56 Å². The SMILES string of the molecule is COc1ccc2c(c1)-c1[nH]c(=O)c(CN)cc1CC2. The van der Waals surface area contributed by atoms with Gasteiger partial charge in [-0.15, -0.1) is 0 Å². The lowest BCUT2D eigenvalue weighted by molar-refractivity contribution is 0.415. The Morgan fingerprint density at radius 1 is 1.26 bits per heavy atom. The fourth-order valence-electron chi connectivity index (χ4n) is 2.61. The van der Waals surface area contributed by atoms with Crippen molar-refractivity contribution in [1.29, 1.82) is 0 Å². The first-order valence-electron chi connectivity index (χ1n) is 6.35. The number of H-pyrrole nitrogens is 1. The van der Waals surface area contributed by atoms with Crippen molar-refractivity contribution in [1.82, 2.24) is 4.98 Å². The Hall–Kier alpha value is -2.07. The third-order valence-electron chi connectivity index (χ3n) is 3.67. The van der Waals surface area contributed by atoms with E-state index in [1.165, 1.54) is 5.56 Å². The van der Waals surface area contributed by atoms with E-state index >= 15 is 0 Å². The van der Waals surface area contributed by atoms with Crippen molar-refractivity contribution in [3.8, 4) is 17.0 Å². The molecule has 0 saturated heterocycles. The zero-order chi connectivity index (χ0) is 13.4. The maximum absolute atomic E-state index is 11.9. The summed E-state index contributed by atoms with van der Waals surface area (Å²) in [7, 11) is 1.64. The van der Waals surface area contributed by atoms with Crippen molar-refractivity contribution >= 4 is 0 Å². The highest BCUT2D eigenvalue weighted by Gasteiger charge is 2.18. The van der Waals surface area contributed by atoms with Crippen LogP contribution in [0.1, 0.15) is 16.7 Å². The number of nitrogens with one attached hydrogen (secondary N) is 1. The number of methoxy groups -OCH3 is 1. The molecule has 4 heteroatoms. The number of aromatic nitrogens is 1. The third-order valence-corrected chi connectivity index (χ3v) is 3.67. The molecular formula is C15H16N2O2. The number of ether oxygens (including phenoxy) is 1. The molecule has 0 radical (unpaired) electrons. The van der Waals surface area contributed by atoms with E-state index in [0.717, 1.165) is 35.4 Å². The Morgan fingerprint density at radius 2 is 2.05 bits per heavy atom. The summed E-state index contributed by atoms with van der Waals surface area (Å²) in [5.41, 5.74) is 10.5. The van der Waals surface area contributed by atoms with Crippen LogP contribution in [0, 0.1) is 0 Å². The zero-order valence-corrected chi connectivity index (χ0v) is 10.8. The first-order valence-corrected chi connectivity index (χ1v) is 6.35. The number of fused-ring (bicyclic) bond motifs is 3. The summed E-state index contributed by atoms with van der Waals surface area (Å²) in [6.45, 7) is 0.271. The topological polar surface area (TPSA) is 68.1 Å². The Morgan fingerprint density at radius 3 is 2.79 bits per heavy atom. The minimum absolute atomic E-state index is 0.100. The Bertz CT molecular complexity index is 689. The van der Waals surface area contributed by atoms with Gasteiger partial charge < -0.3 is 15.5 Å². The van der Waals surface area contributed by atoms with E-state index in [4.69, 9.17) is 10.5 Å². The lowest BCUT2D eigenvalue weighted by Crippen LogP contribution is -2.20. The molecule has 19 heavy (non-hydrogen) atoms. The molecule has 98 valence electrons. The predicted molar refractivity (Wildman–Crippen MR) is 74.4 cm³/mol. The van der Waals surface area contributed by atoms with E-state index in [2.05, 4.69) is 11.1 Å². The van der Waals surface area contributed by atoms with Crippen LogP contribution in [0.4, 0.5) is 0 Å². The molecule has 0 spiro atoms. The van der Waals surface area contributed by atoms with Crippen LogP contribution < -0.4 is 16.0 Å². The van der Waals surface area contributed by atoms with E-state index in [1.807, 2.05) is 18.2 Å². The molecule has 2 aromatic rings. The molecule has 0 amide bonds. The molecule has 3 rings (SSSR count). The van der Waals surface area contributed by atoms with Gasteiger partial charge in [-0.05, 0) is 42.2 Å². The van der Waals surface area contributed by atoms with Gasteiger partial charge in [0.1, 0.15) is 5.75 Å². The molecule has 0 aliphatic heterocycles.